The van der Waals surface area contributed by atoms with Crippen LogP contribution in [0.5, 0.6) is 0 Å². The molecule has 1 atom stereocenters. The summed E-state index contributed by atoms with van der Waals surface area (Å²) in [6, 6.07) is 9.75. The minimum atomic E-state index is -0.518. The average molecular weight is 331 g/mol. The molecule has 1 unspecified atom stereocenters. The molecule has 0 fully saturated rings. The Kier molecular flexibility index (Phi) is 6.37. The molecular formula is C18H25N3O3. The van der Waals surface area contributed by atoms with E-state index in [-0.39, 0.29) is 6.04 Å². The lowest BCUT2D eigenvalue weighted by Crippen LogP contribution is -2.36. The molecule has 1 aromatic carbocycles. The number of amides is 1. The largest absolute Gasteiger partial charge is 0.447 e. The highest BCUT2D eigenvalue weighted by molar-refractivity contribution is 5.68. The first-order valence-electron chi connectivity index (χ1n) is 8.06. The predicted molar refractivity (Wildman–Crippen MR) is 91.4 cm³/mol. The fourth-order valence-electron chi connectivity index (χ4n) is 2.24. The lowest BCUT2D eigenvalue weighted by molar-refractivity contribution is 0.0501. The molecule has 130 valence electrons. The van der Waals surface area contributed by atoms with Crippen molar-refractivity contribution in [2.24, 2.45) is 0 Å². The highest BCUT2D eigenvalue weighted by Gasteiger charge is 2.20. The standard InChI is InChI=1S/C18H25N3O3/c1-18(2,3)24-17(22)21-16(14-7-5-4-6-8-14)9-10-19-11-15-12-20-13-23-15/h4-8,12-13,16,19H,9-11H2,1-3H3,(H,21,22). The first-order chi connectivity index (χ1) is 11.4. The number of nitrogens with one attached hydrogen (secondary N) is 2. The molecule has 0 saturated carbocycles. The number of carbonyl (C=O) groups excluding carboxylic acids is 1. The fourth-order valence-corrected chi connectivity index (χ4v) is 2.24. The van der Waals surface area contributed by atoms with Crippen LogP contribution in [0.25, 0.3) is 0 Å². The van der Waals surface area contributed by atoms with E-state index in [1.807, 2.05) is 51.1 Å². The molecule has 1 heterocycles. The van der Waals surface area contributed by atoms with Crippen LogP contribution in [0.2, 0.25) is 0 Å². The maximum atomic E-state index is 12.1. The average Bonchev–Trinajstić information content (AvgIpc) is 3.02. The Labute approximate surface area is 142 Å². The van der Waals surface area contributed by atoms with Crippen molar-refractivity contribution >= 4 is 6.09 Å². The molecule has 6 nitrogen and oxygen atoms in total. The third-order valence-corrected chi connectivity index (χ3v) is 3.29. The van der Waals surface area contributed by atoms with Gasteiger partial charge in [-0.2, -0.15) is 0 Å². The second kappa shape index (κ2) is 8.49. The van der Waals surface area contributed by atoms with E-state index in [2.05, 4.69) is 15.6 Å². The van der Waals surface area contributed by atoms with E-state index in [1.165, 1.54) is 6.39 Å². The van der Waals surface area contributed by atoms with E-state index in [9.17, 15) is 4.79 Å². The lowest BCUT2D eigenvalue weighted by Gasteiger charge is -2.24. The number of ether oxygens (including phenoxy) is 1. The zero-order valence-corrected chi connectivity index (χ0v) is 14.4. The van der Waals surface area contributed by atoms with Gasteiger partial charge in [0.15, 0.2) is 6.39 Å². The number of carbonyl (C=O) groups is 1. The summed E-state index contributed by atoms with van der Waals surface area (Å²) in [5.41, 5.74) is 0.528. The molecule has 2 rings (SSSR count). The van der Waals surface area contributed by atoms with Gasteiger partial charge in [-0.3, -0.25) is 0 Å². The summed E-state index contributed by atoms with van der Waals surface area (Å²) in [6.45, 7) is 6.87. The van der Waals surface area contributed by atoms with Crippen LogP contribution in [-0.2, 0) is 11.3 Å². The summed E-state index contributed by atoms with van der Waals surface area (Å²) in [4.78, 5) is 16.0. The van der Waals surface area contributed by atoms with Crippen LogP contribution in [0.3, 0.4) is 0 Å². The smallest absolute Gasteiger partial charge is 0.408 e. The maximum Gasteiger partial charge on any atom is 0.408 e. The van der Waals surface area contributed by atoms with Crippen LogP contribution in [-0.4, -0.2) is 23.2 Å². The summed E-state index contributed by atoms with van der Waals surface area (Å²) in [5, 5.41) is 6.23. The maximum absolute atomic E-state index is 12.1. The highest BCUT2D eigenvalue weighted by Crippen LogP contribution is 2.17. The molecule has 0 saturated heterocycles. The molecule has 0 radical (unpaired) electrons. The van der Waals surface area contributed by atoms with Crippen molar-refractivity contribution in [3.05, 3.63) is 54.2 Å². The molecule has 0 spiro atoms. The number of hydrogen-bond donors (Lipinski definition) is 2. The summed E-state index contributed by atoms with van der Waals surface area (Å²) in [7, 11) is 0. The van der Waals surface area contributed by atoms with Gasteiger partial charge in [0.2, 0.25) is 0 Å². The molecule has 2 N–H and O–H groups in total. The van der Waals surface area contributed by atoms with Crippen LogP contribution in [0.1, 0.15) is 44.6 Å². The van der Waals surface area contributed by atoms with E-state index >= 15 is 0 Å². The Balaban J connectivity index is 1.89. The first-order valence-corrected chi connectivity index (χ1v) is 8.06. The van der Waals surface area contributed by atoms with Gasteiger partial charge in [0, 0.05) is 0 Å². The van der Waals surface area contributed by atoms with Gasteiger partial charge in [-0.25, -0.2) is 9.78 Å². The van der Waals surface area contributed by atoms with Crippen molar-refractivity contribution in [3.63, 3.8) is 0 Å². The Bertz CT molecular complexity index is 606. The number of nitrogens with zero attached hydrogens (tertiary/aromatic N) is 1. The second-order valence-electron chi connectivity index (χ2n) is 6.54. The summed E-state index contributed by atoms with van der Waals surface area (Å²) < 4.78 is 10.5. The van der Waals surface area contributed by atoms with Crippen LogP contribution in [0, 0.1) is 0 Å². The van der Waals surface area contributed by atoms with Gasteiger partial charge in [0.1, 0.15) is 11.4 Å². The third-order valence-electron chi connectivity index (χ3n) is 3.29. The molecular weight excluding hydrogens is 306 g/mol. The molecule has 0 aliphatic carbocycles. The quantitative estimate of drug-likeness (QED) is 0.760. The molecule has 0 aliphatic heterocycles. The van der Waals surface area contributed by atoms with Gasteiger partial charge in [0.05, 0.1) is 18.8 Å². The zero-order chi connectivity index (χ0) is 17.4. The lowest BCUT2D eigenvalue weighted by atomic mass is 10.0. The first kappa shape index (κ1) is 18.0. The molecule has 1 aromatic heterocycles. The Morgan fingerprint density at radius 3 is 2.67 bits per heavy atom. The molecule has 0 aliphatic rings. The monoisotopic (exact) mass is 331 g/mol. The normalized spacial score (nSPS) is 12.6. The number of rotatable bonds is 7. The molecule has 24 heavy (non-hydrogen) atoms. The summed E-state index contributed by atoms with van der Waals surface area (Å²) in [6.07, 6.45) is 3.41. The van der Waals surface area contributed by atoms with Crippen LogP contribution >= 0.6 is 0 Å². The number of alkyl carbamates (subject to hydrolysis) is 1. The van der Waals surface area contributed by atoms with Gasteiger partial charge in [-0.05, 0) is 39.3 Å². The van der Waals surface area contributed by atoms with E-state index in [1.54, 1.807) is 6.20 Å². The minimum absolute atomic E-state index is 0.122. The molecule has 1 amide bonds. The second-order valence-corrected chi connectivity index (χ2v) is 6.54. The number of benzene rings is 1. The van der Waals surface area contributed by atoms with E-state index in [0.717, 1.165) is 24.3 Å². The van der Waals surface area contributed by atoms with Gasteiger partial charge in [-0.15, -0.1) is 0 Å². The zero-order valence-electron chi connectivity index (χ0n) is 14.4. The number of oxazole rings is 1. The van der Waals surface area contributed by atoms with Crippen LogP contribution in [0.4, 0.5) is 4.79 Å². The summed E-state index contributed by atoms with van der Waals surface area (Å²) >= 11 is 0. The SMILES string of the molecule is CC(C)(C)OC(=O)NC(CCNCc1cnco1)c1ccccc1. The number of aromatic nitrogens is 1. The predicted octanol–water partition coefficient (Wildman–Crippen LogP) is 3.42. The van der Waals surface area contributed by atoms with Crippen molar-refractivity contribution < 1.29 is 13.9 Å². The summed E-state index contributed by atoms with van der Waals surface area (Å²) in [5.74, 6) is 0.784. The third kappa shape index (κ3) is 6.42. The molecule has 6 heteroatoms. The highest BCUT2D eigenvalue weighted by atomic mass is 16.6. The Morgan fingerprint density at radius 2 is 2.04 bits per heavy atom. The van der Waals surface area contributed by atoms with Gasteiger partial charge in [0.25, 0.3) is 0 Å². The molecule has 2 aromatic rings. The van der Waals surface area contributed by atoms with Crippen molar-refractivity contribution in [2.75, 3.05) is 6.54 Å². The van der Waals surface area contributed by atoms with Crippen molar-refractivity contribution in [2.45, 2.75) is 45.4 Å². The van der Waals surface area contributed by atoms with Crippen molar-refractivity contribution in [1.29, 1.82) is 0 Å². The molecule has 0 bridgehead atoms. The van der Waals surface area contributed by atoms with Crippen molar-refractivity contribution in [1.82, 2.24) is 15.6 Å². The minimum Gasteiger partial charge on any atom is -0.447 e. The fraction of sp³-hybridized carbons (Fsp3) is 0.444. The Morgan fingerprint density at radius 1 is 1.29 bits per heavy atom. The van der Waals surface area contributed by atoms with Crippen LogP contribution in [0.15, 0.2) is 47.3 Å². The van der Waals surface area contributed by atoms with Gasteiger partial charge >= 0.3 is 6.09 Å². The number of hydrogen-bond acceptors (Lipinski definition) is 5. The van der Waals surface area contributed by atoms with E-state index in [0.29, 0.717) is 6.54 Å². The van der Waals surface area contributed by atoms with Crippen molar-refractivity contribution in [3.8, 4) is 0 Å². The van der Waals surface area contributed by atoms with Crippen LogP contribution < -0.4 is 10.6 Å². The van der Waals surface area contributed by atoms with Gasteiger partial charge < -0.3 is 19.8 Å². The topological polar surface area (TPSA) is 76.4 Å². The van der Waals surface area contributed by atoms with E-state index < -0.39 is 11.7 Å². The Hall–Kier alpha value is -2.34. The van der Waals surface area contributed by atoms with E-state index in [4.69, 9.17) is 9.15 Å². The van der Waals surface area contributed by atoms with Gasteiger partial charge in [-0.1, -0.05) is 30.3 Å².